The number of aliphatic hydroxyl groups excluding tert-OH is 1. The molecule has 5 nitrogen and oxygen atoms in total. The van der Waals surface area contributed by atoms with E-state index >= 15 is 0 Å². The Balaban J connectivity index is 1.96. The standard InChI is InChI=1S/C17H21ClN2O3/c1-12(2)19-10-14(21)11-22-16-6-4-3-5-13(16)7-8-15-9-17(18)20-23-15/h3-9,12,14,19,21H,10-11H2,1-2H3/b8-7+. The van der Waals surface area contributed by atoms with Gasteiger partial charge in [-0.25, -0.2) is 0 Å². The summed E-state index contributed by atoms with van der Waals surface area (Å²) in [5.74, 6) is 1.25. The van der Waals surface area contributed by atoms with Crippen LogP contribution in [0.2, 0.25) is 5.15 Å². The highest BCUT2D eigenvalue weighted by Gasteiger charge is 2.07. The normalized spacial score (nSPS) is 12.9. The van der Waals surface area contributed by atoms with E-state index in [2.05, 4.69) is 10.5 Å². The third-order valence-electron chi connectivity index (χ3n) is 3.04. The monoisotopic (exact) mass is 336 g/mol. The second-order valence-corrected chi connectivity index (χ2v) is 5.84. The van der Waals surface area contributed by atoms with E-state index in [1.807, 2.05) is 44.2 Å². The second-order valence-electron chi connectivity index (χ2n) is 5.45. The van der Waals surface area contributed by atoms with Gasteiger partial charge < -0.3 is 19.7 Å². The van der Waals surface area contributed by atoms with Crippen molar-refractivity contribution in [1.29, 1.82) is 0 Å². The maximum atomic E-state index is 9.92. The van der Waals surface area contributed by atoms with E-state index in [0.717, 1.165) is 5.56 Å². The summed E-state index contributed by atoms with van der Waals surface area (Å²) in [6.07, 6.45) is 3.05. The van der Waals surface area contributed by atoms with Gasteiger partial charge in [0.25, 0.3) is 0 Å². The van der Waals surface area contributed by atoms with Crippen molar-refractivity contribution in [1.82, 2.24) is 10.5 Å². The maximum Gasteiger partial charge on any atom is 0.172 e. The maximum absolute atomic E-state index is 9.92. The van der Waals surface area contributed by atoms with E-state index in [1.165, 1.54) is 0 Å². The van der Waals surface area contributed by atoms with Gasteiger partial charge in [-0.2, -0.15) is 0 Å². The predicted octanol–water partition coefficient (Wildman–Crippen LogP) is 3.24. The van der Waals surface area contributed by atoms with E-state index < -0.39 is 6.10 Å². The zero-order valence-corrected chi connectivity index (χ0v) is 14.0. The average molecular weight is 337 g/mol. The van der Waals surface area contributed by atoms with E-state index in [4.69, 9.17) is 20.9 Å². The lowest BCUT2D eigenvalue weighted by Gasteiger charge is -2.16. The molecule has 6 heteroatoms. The number of nitrogens with zero attached hydrogens (tertiary/aromatic N) is 1. The first-order valence-corrected chi connectivity index (χ1v) is 7.86. The van der Waals surface area contributed by atoms with Gasteiger partial charge in [0.05, 0.1) is 0 Å². The molecule has 0 saturated carbocycles. The van der Waals surface area contributed by atoms with Crippen LogP contribution in [-0.4, -0.2) is 35.6 Å². The minimum Gasteiger partial charge on any atom is -0.490 e. The van der Waals surface area contributed by atoms with Crippen molar-refractivity contribution in [2.45, 2.75) is 26.0 Å². The highest BCUT2D eigenvalue weighted by molar-refractivity contribution is 6.29. The molecule has 0 spiro atoms. The third-order valence-corrected chi connectivity index (χ3v) is 3.22. The zero-order chi connectivity index (χ0) is 16.7. The highest BCUT2D eigenvalue weighted by atomic mass is 35.5. The molecule has 0 aliphatic heterocycles. The fraction of sp³-hybridized carbons (Fsp3) is 0.353. The van der Waals surface area contributed by atoms with Crippen LogP contribution in [0.5, 0.6) is 5.75 Å². The number of hydrogen-bond acceptors (Lipinski definition) is 5. The summed E-state index contributed by atoms with van der Waals surface area (Å²) in [6, 6.07) is 9.53. The minimum absolute atomic E-state index is 0.221. The van der Waals surface area contributed by atoms with Crippen LogP contribution in [0.4, 0.5) is 0 Å². The molecule has 2 aromatic rings. The summed E-state index contributed by atoms with van der Waals surface area (Å²) in [7, 11) is 0. The van der Waals surface area contributed by atoms with Gasteiger partial charge in [-0.15, -0.1) is 0 Å². The molecule has 0 aliphatic carbocycles. The van der Waals surface area contributed by atoms with E-state index in [-0.39, 0.29) is 6.61 Å². The van der Waals surface area contributed by atoms with Gasteiger partial charge in [-0.3, -0.25) is 0 Å². The molecule has 0 amide bonds. The molecule has 0 saturated heterocycles. The Morgan fingerprint density at radius 3 is 2.83 bits per heavy atom. The van der Waals surface area contributed by atoms with Crippen molar-refractivity contribution < 1.29 is 14.4 Å². The lowest BCUT2D eigenvalue weighted by molar-refractivity contribution is 0.104. The fourth-order valence-electron chi connectivity index (χ4n) is 1.88. The summed E-state index contributed by atoms with van der Waals surface area (Å²) in [5.41, 5.74) is 0.879. The van der Waals surface area contributed by atoms with Crippen LogP contribution >= 0.6 is 11.6 Å². The van der Waals surface area contributed by atoms with Crippen molar-refractivity contribution in [2.24, 2.45) is 0 Å². The van der Waals surface area contributed by atoms with Crippen molar-refractivity contribution in [3.05, 3.63) is 46.8 Å². The molecular weight excluding hydrogens is 316 g/mol. The van der Waals surface area contributed by atoms with Gasteiger partial charge >= 0.3 is 0 Å². The van der Waals surface area contributed by atoms with Crippen LogP contribution in [0.25, 0.3) is 12.2 Å². The van der Waals surface area contributed by atoms with Crippen LogP contribution in [-0.2, 0) is 0 Å². The Hall–Kier alpha value is -1.82. The number of hydrogen-bond donors (Lipinski definition) is 2. The Bertz CT molecular complexity index is 640. The van der Waals surface area contributed by atoms with Crippen LogP contribution < -0.4 is 10.1 Å². The quantitative estimate of drug-likeness (QED) is 0.774. The molecule has 2 rings (SSSR count). The molecule has 1 aromatic carbocycles. The van der Waals surface area contributed by atoms with E-state index in [1.54, 1.807) is 12.1 Å². The fourth-order valence-corrected chi connectivity index (χ4v) is 2.03. The van der Waals surface area contributed by atoms with Crippen LogP contribution in [0.1, 0.15) is 25.2 Å². The molecule has 23 heavy (non-hydrogen) atoms. The van der Waals surface area contributed by atoms with Gasteiger partial charge in [0.15, 0.2) is 10.9 Å². The number of para-hydroxylation sites is 1. The van der Waals surface area contributed by atoms with Crippen molar-refractivity contribution in [2.75, 3.05) is 13.2 Å². The Morgan fingerprint density at radius 1 is 1.35 bits per heavy atom. The van der Waals surface area contributed by atoms with E-state index in [9.17, 15) is 5.11 Å². The third kappa shape index (κ3) is 6.06. The largest absolute Gasteiger partial charge is 0.490 e. The summed E-state index contributed by atoms with van der Waals surface area (Å²) in [6.45, 7) is 4.78. The van der Waals surface area contributed by atoms with Crippen LogP contribution in [0.15, 0.2) is 34.9 Å². The molecule has 0 radical (unpaired) electrons. The summed E-state index contributed by atoms with van der Waals surface area (Å²) in [5, 5.41) is 17.0. The van der Waals surface area contributed by atoms with Gasteiger partial charge in [0.1, 0.15) is 18.5 Å². The Kier molecular flexibility index (Phi) is 6.65. The lowest BCUT2D eigenvalue weighted by Crippen LogP contribution is -2.35. The molecule has 0 aliphatic rings. The number of ether oxygens (including phenoxy) is 1. The SMILES string of the molecule is CC(C)NCC(O)COc1ccccc1/C=C/c1cc(Cl)no1. The van der Waals surface area contributed by atoms with Crippen molar-refractivity contribution in [3.8, 4) is 5.75 Å². The van der Waals surface area contributed by atoms with Crippen LogP contribution in [0, 0.1) is 0 Å². The molecular formula is C17H21ClN2O3. The van der Waals surface area contributed by atoms with Gasteiger partial charge in [-0.1, -0.05) is 48.8 Å². The van der Waals surface area contributed by atoms with Gasteiger partial charge in [0, 0.05) is 24.2 Å². The molecule has 124 valence electrons. The molecule has 0 fully saturated rings. The van der Waals surface area contributed by atoms with E-state index in [0.29, 0.717) is 29.2 Å². The number of rotatable bonds is 8. The number of halogens is 1. The number of benzene rings is 1. The summed E-state index contributed by atoms with van der Waals surface area (Å²) < 4.78 is 10.7. The molecule has 1 atom stereocenters. The molecule has 1 unspecified atom stereocenters. The van der Waals surface area contributed by atoms with Crippen molar-refractivity contribution in [3.63, 3.8) is 0 Å². The predicted molar refractivity (Wildman–Crippen MR) is 91.5 cm³/mol. The molecule has 1 heterocycles. The van der Waals surface area contributed by atoms with Gasteiger partial charge in [0.2, 0.25) is 0 Å². The smallest absolute Gasteiger partial charge is 0.172 e. The average Bonchev–Trinajstić information content (AvgIpc) is 2.95. The number of aliphatic hydroxyl groups is 1. The first-order chi connectivity index (χ1) is 11.0. The van der Waals surface area contributed by atoms with Gasteiger partial charge in [-0.05, 0) is 18.2 Å². The topological polar surface area (TPSA) is 67.5 Å². The molecule has 2 N–H and O–H groups in total. The second kappa shape index (κ2) is 8.72. The summed E-state index contributed by atoms with van der Waals surface area (Å²) >= 11 is 5.71. The number of nitrogens with one attached hydrogen (secondary N) is 1. The first kappa shape index (κ1) is 17.5. The highest BCUT2D eigenvalue weighted by Crippen LogP contribution is 2.21. The first-order valence-electron chi connectivity index (χ1n) is 7.48. The molecule has 0 bridgehead atoms. The minimum atomic E-state index is -0.567. The number of aromatic nitrogens is 1. The zero-order valence-electron chi connectivity index (χ0n) is 13.2. The Morgan fingerprint density at radius 2 is 2.13 bits per heavy atom. The summed E-state index contributed by atoms with van der Waals surface area (Å²) in [4.78, 5) is 0. The van der Waals surface area contributed by atoms with Crippen molar-refractivity contribution >= 4 is 23.8 Å². The Labute approximate surface area is 140 Å². The lowest BCUT2D eigenvalue weighted by atomic mass is 10.2. The van der Waals surface area contributed by atoms with Crippen LogP contribution in [0.3, 0.4) is 0 Å². The molecule has 1 aromatic heterocycles.